The predicted octanol–water partition coefficient (Wildman–Crippen LogP) is 3.04. The predicted molar refractivity (Wildman–Crippen MR) is 80.5 cm³/mol. The first kappa shape index (κ1) is 17.1. The van der Waals surface area contributed by atoms with Crippen molar-refractivity contribution in [2.45, 2.75) is 45.4 Å². The van der Waals surface area contributed by atoms with Crippen LogP contribution in [0.2, 0.25) is 10.0 Å². The lowest BCUT2D eigenvalue weighted by molar-refractivity contribution is -0.130. The van der Waals surface area contributed by atoms with Gasteiger partial charge in [-0.2, -0.15) is 0 Å². The van der Waals surface area contributed by atoms with Crippen LogP contribution in [-0.2, 0) is 4.79 Å². The molecule has 6 heteroatoms. The maximum atomic E-state index is 12.0. The molecule has 1 aromatic rings. The highest BCUT2D eigenvalue weighted by atomic mass is 35.5. The van der Waals surface area contributed by atoms with Gasteiger partial charge in [-0.05, 0) is 45.9 Å². The van der Waals surface area contributed by atoms with E-state index in [4.69, 9.17) is 27.9 Å². The average Bonchev–Trinajstić information content (AvgIpc) is 2.31. The Hall–Kier alpha value is -0.970. The minimum absolute atomic E-state index is 0.332. The number of halogens is 2. The van der Waals surface area contributed by atoms with Crippen molar-refractivity contribution in [1.29, 1.82) is 0 Å². The van der Waals surface area contributed by atoms with Gasteiger partial charge in [0.25, 0.3) is 5.91 Å². The van der Waals surface area contributed by atoms with Gasteiger partial charge in [0.15, 0.2) is 6.10 Å². The molecule has 20 heavy (non-hydrogen) atoms. The van der Waals surface area contributed by atoms with Gasteiger partial charge in [-0.15, -0.1) is 0 Å². The summed E-state index contributed by atoms with van der Waals surface area (Å²) in [5.74, 6) is 0.0514. The number of hydrogen-bond acceptors (Lipinski definition) is 3. The second-order valence-corrected chi connectivity index (χ2v) is 6.07. The molecule has 0 bridgehead atoms. The van der Waals surface area contributed by atoms with Gasteiger partial charge in [0.05, 0.1) is 16.7 Å². The molecule has 0 heterocycles. The Morgan fingerprint density at radius 3 is 2.45 bits per heavy atom. The summed E-state index contributed by atoms with van der Waals surface area (Å²) in [5.41, 5.74) is -0.738. The molecule has 4 nitrogen and oxygen atoms in total. The van der Waals surface area contributed by atoms with Crippen molar-refractivity contribution >= 4 is 29.1 Å². The normalized spacial score (nSPS) is 14.6. The molecule has 0 spiro atoms. The first-order valence-electron chi connectivity index (χ1n) is 6.25. The number of ether oxygens (including phenoxy) is 1. The Morgan fingerprint density at radius 2 is 1.95 bits per heavy atom. The van der Waals surface area contributed by atoms with E-state index in [-0.39, 0.29) is 5.91 Å². The highest BCUT2D eigenvalue weighted by Gasteiger charge is 2.28. The first-order valence-corrected chi connectivity index (χ1v) is 7.01. The fourth-order valence-electron chi connectivity index (χ4n) is 1.34. The van der Waals surface area contributed by atoms with Crippen molar-refractivity contribution in [3.05, 3.63) is 28.2 Å². The van der Waals surface area contributed by atoms with Gasteiger partial charge < -0.3 is 15.2 Å². The van der Waals surface area contributed by atoms with E-state index < -0.39 is 17.7 Å². The summed E-state index contributed by atoms with van der Waals surface area (Å²) >= 11 is 11.8. The smallest absolute Gasteiger partial charge is 0.261 e. The van der Waals surface area contributed by atoms with Crippen molar-refractivity contribution in [1.82, 2.24) is 5.32 Å². The van der Waals surface area contributed by atoms with Crippen LogP contribution >= 0.6 is 23.2 Å². The van der Waals surface area contributed by atoms with Crippen molar-refractivity contribution in [3.8, 4) is 5.75 Å². The number of nitrogens with one attached hydrogen (secondary N) is 1. The van der Waals surface area contributed by atoms with Crippen LogP contribution in [0.4, 0.5) is 0 Å². The lowest BCUT2D eigenvalue weighted by Crippen LogP contribution is -2.54. The van der Waals surface area contributed by atoms with Crippen LogP contribution in [-0.4, -0.2) is 28.8 Å². The van der Waals surface area contributed by atoms with E-state index in [0.717, 1.165) is 0 Å². The van der Waals surface area contributed by atoms with E-state index in [1.165, 1.54) is 0 Å². The number of carbonyl (C=O) groups excluding carboxylic acids is 1. The zero-order chi connectivity index (χ0) is 15.5. The van der Waals surface area contributed by atoms with E-state index in [9.17, 15) is 9.90 Å². The van der Waals surface area contributed by atoms with E-state index in [2.05, 4.69) is 5.32 Å². The second kappa shape index (κ2) is 6.66. The molecule has 0 radical (unpaired) electrons. The molecule has 112 valence electrons. The largest absolute Gasteiger partial charge is 0.479 e. The van der Waals surface area contributed by atoms with Gasteiger partial charge in [-0.1, -0.05) is 23.2 Å². The Morgan fingerprint density at radius 1 is 1.35 bits per heavy atom. The molecule has 1 rings (SSSR count). The molecule has 2 atom stereocenters. The van der Waals surface area contributed by atoms with Gasteiger partial charge in [-0.3, -0.25) is 4.79 Å². The molecule has 0 saturated heterocycles. The number of amides is 1. The molecule has 0 aliphatic carbocycles. The fourth-order valence-corrected chi connectivity index (χ4v) is 1.79. The van der Waals surface area contributed by atoms with Crippen LogP contribution in [0, 0.1) is 0 Å². The summed E-state index contributed by atoms with van der Waals surface area (Å²) in [6.45, 7) is 6.69. The van der Waals surface area contributed by atoms with Crippen LogP contribution < -0.4 is 10.1 Å². The summed E-state index contributed by atoms with van der Waals surface area (Å²) in [5, 5.41) is 13.1. The van der Waals surface area contributed by atoms with E-state index >= 15 is 0 Å². The molecule has 2 unspecified atom stereocenters. The second-order valence-electron chi connectivity index (χ2n) is 5.22. The van der Waals surface area contributed by atoms with Crippen LogP contribution in [0.5, 0.6) is 5.75 Å². The minimum Gasteiger partial charge on any atom is -0.479 e. The summed E-state index contributed by atoms with van der Waals surface area (Å²) in [6, 6.07) is 4.78. The third-order valence-electron chi connectivity index (χ3n) is 3.06. The molecule has 0 aliphatic heterocycles. The van der Waals surface area contributed by atoms with Gasteiger partial charge in [0.2, 0.25) is 0 Å². The fraction of sp³-hybridized carbons (Fsp3) is 0.500. The van der Waals surface area contributed by atoms with Gasteiger partial charge >= 0.3 is 0 Å². The Balaban J connectivity index is 2.71. The number of aliphatic hydroxyl groups is 1. The average molecular weight is 320 g/mol. The molecule has 0 aliphatic rings. The lowest BCUT2D eigenvalue weighted by Gasteiger charge is -2.30. The SMILES string of the molecule is CC(Oc1ccc(Cl)cc1Cl)C(=O)NC(C)(C)C(C)O. The zero-order valence-electron chi connectivity index (χ0n) is 11.9. The molecule has 1 amide bonds. The van der Waals surface area contributed by atoms with Gasteiger partial charge in [0, 0.05) is 5.02 Å². The number of aliphatic hydroxyl groups excluding tert-OH is 1. The maximum absolute atomic E-state index is 12.0. The topological polar surface area (TPSA) is 58.6 Å². The van der Waals surface area contributed by atoms with Gasteiger partial charge in [0.1, 0.15) is 5.75 Å². The lowest BCUT2D eigenvalue weighted by atomic mass is 9.98. The number of benzene rings is 1. The molecule has 2 N–H and O–H groups in total. The molecule has 0 aromatic heterocycles. The van der Waals surface area contributed by atoms with Crippen molar-refractivity contribution in [2.24, 2.45) is 0 Å². The molecule has 0 saturated carbocycles. The summed E-state index contributed by atoms with van der Waals surface area (Å²) in [6.07, 6.45) is -1.43. The summed E-state index contributed by atoms with van der Waals surface area (Å²) in [7, 11) is 0. The monoisotopic (exact) mass is 319 g/mol. The van der Waals surface area contributed by atoms with Crippen LogP contribution in [0.15, 0.2) is 18.2 Å². The van der Waals surface area contributed by atoms with E-state index in [1.807, 2.05) is 0 Å². The van der Waals surface area contributed by atoms with E-state index in [1.54, 1.807) is 45.9 Å². The quantitative estimate of drug-likeness (QED) is 0.877. The zero-order valence-corrected chi connectivity index (χ0v) is 13.4. The Bertz CT molecular complexity index is 489. The van der Waals surface area contributed by atoms with Crippen molar-refractivity contribution in [2.75, 3.05) is 0 Å². The maximum Gasteiger partial charge on any atom is 0.261 e. The molecule has 1 aromatic carbocycles. The Kier molecular flexibility index (Phi) is 5.68. The minimum atomic E-state index is -0.744. The third-order valence-corrected chi connectivity index (χ3v) is 3.59. The van der Waals surface area contributed by atoms with Crippen molar-refractivity contribution in [3.63, 3.8) is 0 Å². The molecular formula is C14H19Cl2NO3. The third kappa shape index (κ3) is 4.54. The summed E-state index contributed by atoms with van der Waals surface area (Å²) in [4.78, 5) is 12.0. The highest BCUT2D eigenvalue weighted by Crippen LogP contribution is 2.28. The number of carbonyl (C=O) groups is 1. The number of rotatable bonds is 5. The van der Waals surface area contributed by atoms with Gasteiger partial charge in [-0.25, -0.2) is 0 Å². The van der Waals surface area contributed by atoms with Crippen LogP contribution in [0.1, 0.15) is 27.7 Å². The first-order chi connectivity index (χ1) is 9.13. The molecule has 0 fully saturated rings. The van der Waals surface area contributed by atoms with Crippen molar-refractivity contribution < 1.29 is 14.6 Å². The van der Waals surface area contributed by atoms with Crippen LogP contribution in [0.25, 0.3) is 0 Å². The highest BCUT2D eigenvalue weighted by molar-refractivity contribution is 6.35. The molecular weight excluding hydrogens is 301 g/mol. The number of hydrogen-bond donors (Lipinski definition) is 2. The van der Waals surface area contributed by atoms with Crippen LogP contribution in [0.3, 0.4) is 0 Å². The standard InChI is InChI=1S/C14H19Cl2NO3/c1-8(13(19)17-14(3,4)9(2)18)20-12-6-5-10(15)7-11(12)16/h5-9,18H,1-4H3,(H,17,19). The summed E-state index contributed by atoms with van der Waals surface area (Å²) < 4.78 is 5.50. The van der Waals surface area contributed by atoms with E-state index in [0.29, 0.717) is 15.8 Å². The Labute approximate surface area is 129 Å².